The minimum absolute atomic E-state index is 0.0201. The van der Waals surface area contributed by atoms with Gasteiger partial charge in [0, 0.05) is 30.5 Å². The highest BCUT2D eigenvalue weighted by Crippen LogP contribution is 2.27. The van der Waals surface area contributed by atoms with Crippen molar-refractivity contribution in [2.75, 3.05) is 12.8 Å². The van der Waals surface area contributed by atoms with Crippen LogP contribution in [0.25, 0.3) is 0 Å². The van der Waals surface area contributed by atoms with E-state index in [4.69, 9.17) is 4.42 Å². The Hall–Kier alpha value is -1.87. The quantitative estimate of drug-likeness (QED) is 0.823. The first-order chi connectivity index (χ1) is 11.3. The smallest absolute Gasteiger partial charge is 0.392 e. The lowest BCUT2D eigenvalue weighted by Crippen LogP contribution is -2.26. The van der Waals surface area contributed by atoms with Crippen LogP contribution in [0.1, 0.15) is 43.2 Å². The molecule has 1 heterocycles. The number of halogens is 2. The molecular weight excluding hydrogens is 340 g/mol. The molecule has 0 spiro atoms. The van der Waals surface area contributed by atoms with Gasteiger partial charge in [0.25, 0.3) is 0 Å². The minimum atomic E-state index is -1.28. The summed E-state index contributed by atoms with van der Waals surface area (Å²) in [5.41, 5.74) is 0.154. The lowest BCUT2D eigenvalue weighted by atomic mass is 9.98. The van der Waals surface area contributed by atoms with Crippen LogP contribution >= 0.6 is 0 Å². The third-order valence-corrected chi connectivity index (χ3v) is 4.68. The van der Waals surface area contributed by atoms with Crippen LogP contribution in [0, 0.1) is 11.6 Å². The van der Waals surface area contributed by atoms with Crippen LogP contribution in [0.2, 0.25) is 0 Å². The number of aromatic nitrogens is 2. The molecule has 2 unspecified atom stereocenters. The van der Waals surface area contributed by atoms with E-state index in [9.17, 15) is 17.8 Å². The molecule has 0 bridgehead atoms. The summed E-state index contributed by atoms with van der Waals surface area (Å²) in [5, 5.41) is 5.73. The van der Waals surface area contributed by atoms with Gasteiger partial charge in [0.2, 0.25) is 5.89 Å². The van der Waals surface area contributed by atoms with Gasteiger partial charge in [-0.15, -0.1) is 5.10 Å². The molecule has 0 fully saturated rings. The molecule has 0 aliphatic carbocycles. The maximum Gasteiger partial charge on any atom is 0.434 e. The Morgan fingerprint density at radius 1 is 1.38 bits per heavy atom. The Kier molecular flexibility index (Phi) is 6.00. The number of nitrogens with one attached hydrogen (secondary N) is 1. The molecule has 2 atom stereocenters. The highest BCUT2D eigenvalue weighted by Gasteiger charge is 2.22. The van der Waals surface area contributed by atoms with E-state index in [0.29, 0.717) is 6.54 Å². The van der Waals surface area contributed by atoms with Crippen LogP contribution in [-0.4, -0.2) is 31.5 Å². The SMILES string of the molecule is CCCN(Cc1cc(F)c(C(C)c2n[nH]c(=O)o2)cc1F)S(C)=O. The molecule has 1 aromatic carbocycles. The zero-order valence-electron chi connectivity index (χ0n) is 13.6. The zero-order chi connectivity index (χ0) is 17.9. The average molecular weight is 359 g/mol. The average Bonchev–Trinajstić information content (AvgIpc) is 2.95. The van der Waals surface area contributed by atoms with E-state index < -0.39 is 34.3 Å². The van der Waals surface area contributed by atoms with Crippen LogP contribution in [0.15, 0.2) is 21.3 Å². The largest absolute Gasteiger partial charge is 0.434 e. The van der Waals surface area contributed by atoms with Gasteiger partial charge in [-0.1, -0.05) is 6.92 Å². The maximum atomic E-state index is 14.4. The maximum absolute atomic E-state index is 14.4. The fraction of sp³-hybridized carbons (Fsp3) is 0.467. The molecule has 6 nitrogen and oxygen atoms in total. The van der Waals surface area contributed by atoms with Gasteiger partial charge in [-0.25, -0.2) is 27.2 Å². The standard InChI is InChI=1S/C15H19F2N3O3S/c1-4-5-20(24(3)22)8-10-6-13(17)11(7-12(10)16)9(2)14-18-19-15(21)23-14/h6-7,9H,4-5,8H2,1-3H3,(H,19,21). The zero-order valence-corrected chi connectivity index (χ0v) is 14.5. The van der Waals surface area contributed by atoms with Crippen molar-refractivity contribution >= 4 is 11.0 Å². The van der Waals surface area contributed by atoms with E-state index in [-0.39, 0.29) is 23.6 Å². The predicted molar refractivity (Wildman–Crippen MR) is 85.8 cm³/mol. The Balaban J connectivity index is 2.30. The second kappa shape index (κ2) is 7.80. The molecule has 2 rings (SSSR count). The van der Waals surface area contributed by atoms with Crippen molar-refractivity contribution in [3.63, 3.8) is 0 Å². The van der Waals surface area contributed by atoms with Crippen molar-refractivity contribution in [2.45, 2.75) is 32.7 Å². The van der Waals surface area contributed by atoms with E-state index >= 15 is 0 Å². The normalized spacial score (nSPS) is 14.1. The first-order valence-corrected chi connectivity index (χ1v) is 8.96. The molecule has 1 aromatic heterocycles. The van der Waals surface area contributed by atoms with E-state index in [1.54, 1.807) is 11.2 Å². The van der Waals surface area contributed by atoms with Gasteiger partial charge in [0.15, 0.2) is 0 Å². The molecule has 132 valence electrons. The summed E-state index contributed by atoms with van der Waals surface area (Å²) in [7, 11) is -1.28. The molecule has 0 saturated carbocycles. The van der Waals surface area contributed by atoms with Crippen molar-refractivity contribution in [3.05, 3.63) is 51.3 Å². The van der Waals surface area contributed by atoms with Crippen molar-refractivity contribution in [1.82, 2.24) is 14.5 Å². The third kappa shape index (κ3) is 4.15. The van der Waals surface area contributed by atoms with Crippen molar-refractivity contribution in [2.24, 2.45) is 0 Å². The number of aromatic amines is 1. The molecule has 0 saturated heterocycles. The summed E-state index contributed by atoms with van der Waals surface area (Å²) in [5.74, 6) is -2.74. The summed E-state index contributed by atoms with van der Waals surface area (Å²) in [6.07, 6.45) is 2.25. The van der Waals surface area contributed by atoms with Crippen molar-refractivity contribution < 1.29 is 17.4 Å². The minimum Gasteiger partial charge on any atom is -0.392 e. The Morgan fingerprint density at radius 3 is 2.62 bits per heavy atom. The summed E-state index contributed by atoms with van der Waals surface area (Å²) in [6.45, 7) is 4.03. The second-order valence-corrected chi connectivity index (χ2v) is 6.79. The molecule has 9 heteroatoms. The summed E-state index contributed by atoms with van der Waals surface area (Å²) < 4.78 is 46.8. The Bertz CT molecular complexity index is 791. The molecule has 0 amide bonds. The molecule has 0 aliphatic rings. The highest BCUT2D eigenvalue weighted by molar-refractivity contribution is 7.81. The van der Waals surface area contributed by atoms with Gasteiger partial charge < -0.3 is 4.42 Å². The van der Waals surface area contributed by atoms with Crippen molar-refractivity contribution in [1.29, 1.82) is 0 Å². The van der Waals surface area contributed by atoms with Gasteiger partial charge >= 0.3 is 5.76 Å². The lowest BCUT2D eigenvalue weighted by Gasteiger charge is -2.19. The Labute approximate surface area is 140 Å². The predicted octanol–water partition coefficient (Wildman–Crippen LogP) is 2.30. The summed E-state index contributed by atoms with van der Waals surface area (Å²) in [6, 6.07) is 2.15. The fourth-order valence-electron chi connectivity index (χ4n) is 2.35. The van der Waals surface area contributed by atoms with E-state index in [1.165, 1.54) is 6.26 Å². The van der Waals surface area contributed by atoms with Gasteiger partial charge in [-0.05, 0) is 25.5 Å². The first-order valence-electron chi connectivity index (χ1n) is 7.45. The topological polar surface area (TPSA) is 79.2 Å². The second-order valence-electron chi connectivity index (χ2n) is 5.43. The number of hydrogen-bond acceptors (Lipinski definition) is 4. The van der Waals surface area contributed by atoms with Crippen LogP contribution in [0.5, 0.6) is 0 Å². The van der Waals surface area contributed by atoms with E-state index in [0.717, 1.165) is 18.6 Å². The Morgan fingerprint density at radius 2 is 2.08 bits per heavy atom. The number of benzene rings is 1. The summed E-state index contributed by atoms with van der Waals surface area (Å²) in [4.78, 5) is 11.0. The molecule has 1 N–H and O–H groups in total. The third-order valence-electron chi connectivity index (χ3n) is 3.64. The molecule has 0 radical (unpaired) electrons. The number of rotatable bonds is 7. The van der Waals surface area contributed by atoms with E-state index in [1.807, 2.05) is 6.92 Å². The summed E-state index contributed by atoms with van der Waals surface area (Å²) >= 11 is 0. The lowest BCUT2D eigenvalue weighted by molar-refractivity contribution is 0.425. The van der Waals surface area contributed by atoms with Gasteiger partial charge in [-0.2, -0.15) is 0 Å². The monoisotopic (exact) mass is 359 g/mol. The number of H-pyrrole nitrogens is 1. The van der Waals surface area contributed by atoms with Gasteiger partial charge in [0.05, 0.1) is 16.9 Å². The first kappa shape index (κ1) is 18.5. The fourth-order valence-corrected chi connectivity index (χ4v) is 3.11. The molecule has 0 aliphatic heterocycles. The molecular formula is C15H19F2N3O3S. The van der Waals surface area contributed by atoms with E-state index in [2.05, 4.69) is 10.2 Å². The van der Waals surface area contributed by atoms with Gasteiger partial charge in [0.1, 0.15) is 11.6 Å². The van der Waals surface area contributed by atoms with Crippen molar-refractivity contribution in [3.8, 4) is 0 Å². The molecule has 2 aromatic rings. The van der Waals surface area contributed by atoms with Crippen LogP contribution in [-0.2, 0) is 17.5 Å². The van der Waals surface area contributed by atoms with Crippen LogP contribution in [0.3, 0.4) is 0 Å². The highest BCUT2D eigenvalue weighted by atomic mass is 32.2. The number of hydrogen-bond donors (Lipinski definition) is 1. The van der Waals surface area contributed by atoms with Crippen LogP contribution in [0.4, 0.5) is 8.78 Å². The molecule has 24 heavy (non-hydrogen) atoms. The van der Waals surface area contributed by atoms with Crippen LogP contribution < -0.4 is 5.76 Å². The van der Waals surface area contributed by atoms with Gasteiger partial charge in [-0.3, -0.25) is 0 Å². The number of nitrogens with zero attached hydrogens (tertiary/aromatic N) is 2.